The molecule has 1 aromatic carbocycles. The number of benzene rings is 1. The summed E-state index contributed by atoms with van der Waals surface area (Å²) in [5, 5.41) is 15.4. The number of amides is 1. The van der Waals surface area contributed by atoms with Crippen molar-refractivity contribution >= 4 is 46.1 Å². The molecule has 4 aromatic rings. The normalized spacial score (nSPS) is 16.1. The van der Waals surface area contributed by atoms with Crippen LogP contribution in [0.2, 0.25) is 0 Å². The first-order valence-electron chi connectivity index (χ1n) is 9.34. The molecule has 1 aliphatic heterocycles. The fourth-order valence-electron chi connectivity index (χ4n) is 3.25. The van der Waals surface area contributed by atoms with Gasteiger partial charge in [-0.3, -0.25) is 4.79 Å². The molecule has 0 spiro atoms. The average molecular weight is 452 g/mol. The van der Waals surface area contributed by atoms with Crippen LogP contribution in [0, 0.1) is 0 Å². The van der Waals surface area contributed by atoms with Crippen LogP contribution in [0.4, 0.5) is 0 Å². The summed E-state index contributed by atoms with van der Waals surface area (Å²) in [6, 6.07) is 17.9. The van der Waals surface area contributed by atoms with Gasteiger partial charge in [-0.05, 0) is 35.0 Å². The van der Waals surface area contributed by atoms with Gasteiger partial charge in [0, 0.05) is 11.3 Å². The number of thiophene rings is 2. The number of thioether (sulfide) groups is 1. The second kappa shape index (κ2) is 8.55. The Balaban J connectivity index is 1.31. The highest BCUT2D eigenvalue weighted by molar-refractivity contribution is 7.99. The van der Waals surface area contributed by atoms with Gasteiger partial charge in [-0.15, -0.1) is 27.8 Å². The third-order valence-electron chi connectivity index (χ3n) is 4.66. The first kappa shape index (κ1) is 19.2. The maximum atomic E-state index is 13.1. The number of para-hydroxylation sites is 1. The lowest BCUT2D eigenvalue weighted by Gasteiger charge is -2.20. The number of rotatable bonds is 6. The largest absolute Gasteiger partial charge is 0.272 e. The van der Waals surface area contributed by atoms with Gasteiger partial charge in [0.05, 0.1) is 28.1 Å². The molecule has 0 fully saturated rings. The van der Waals surface area contributed by atoms with E-state index in [1.165, 1.54) is 11.8 Å². The van der Waals surface area contributed by atoms with Gasteiger partial charge < -0.3 is 0 Å². The summed E-state index contributed by atoms with van der Waals surface area (Å²) in [5.41, 5.74) is 1.90. The average Bonchev–Trinajstić information content (AvgIpc) is 3.57. The molecule has 5 rings (SSSR count). The molecule has 30 heavy (non-hydrogen) atoms. The number of carbonyl (C=O) groups is 1. The van der Waals surface area contributed by atoms with Gasteiger partial charge in [0.25, 0.3) is 5.91 Å². The Hall–Kier alpha value is -2.75. The van der Waals surface area contributed by atoms with Crippen LogP contribution in [0.5, 0.6) is 0 Å². The second-order valence-corrected chi connectivity index (χ2v) is 9.46. The van der Waals surface area contributed by atoms with Crippen molar-refractivity contribution in [1.29, 1.82) is 0 Å². The Kier molecular flexibility index (Phi) is 5.48. The van der Waals surface area contributed by atoms with Gasteiger partial charge in [0.15, 0.2) is 0 Å². The molecule has 0 saturated heterocycles. The third-order valence-corrected chi connectivity index (χ3v) is 7.39. The van der Waals surface area contributed by atoms with Crippen molar-refractivity contribution in [1.82, 2.24) is 19.8 Å². The zero-order valence-corrected chi connectivity index (χ0v) is 18.2. The van der Waals surface area contributed by atoms with E-state index >= 15 is 0 Å². The number of hydrogen-bond donors (Lipinski definition) is 0. The molecule has 0 N–H and O–H groups in total. The van der Waals surface area contributed by atoms with Crippen LogP contribution in [0.1, 0.15) is 22.2 Å². The van der Waals surface area contributed by atoms with Gasteiger partial charge in [-0.1, -0.05) is 42.1 Å². The molecular weight excluding hydrogens is 434 g/mol. The van der Waals surface area contributed by atoms with Crippen molar-refractivity contribution in [3.63, 3.8) is 0 Å². The van der Waals surface area contributed by atoms with Crippen molar-refractivity contribution in [2.45, 2.75) is 17.6 Å². The Morgan fingerprint density at radius 2 is 1.90 bits per heavy atom. The molecule has 0 saturated carbocycles. The van der Waals surface area contributed by atoms with Gasteiger partial charge in [-0.25, -0.2) is 14.7 Å². The van der Waals surface area contributed by atoms with Crippen molar-refractivity contribution in [3.8, 4) is 5.69 Å². The smallest absolute Gasteiger partial charge is 0.253 e. The topological polar surface area (TPSA) is 63.4 Å². The molecule has 4 heterocycles. The minimum absolute atomic E-state index is 0.0407. The lowest BCUT2D eigenvalue weighted by atomic mass is 10.1. The Labute approximate surface area is 185 Å². The van der Waals surface area contributed by atoms with Crippen LogP contribution in [0.25, 0.3) is 5.69 Å². The van der Waals surface area contributed by atoms with E-state index in [1.54, 1.807) is 38.7 Å². The van der Waals surface area contributed by atoms with E-state index in [4.69, 9.17) is 5.10 Å². The summed E-state index contributed by atoms with van der Waals surface area (Å²) in [6.45, 7) is 0. The summed E-state index contributed by atoms with van der Waals surface area (Å²) in [7, 11) is 0. The minimum atomic E-state index is -0.0509. The Morgan fingerprint density at radius 3 is 2.67 bits per heavy atom. The zero-order valence-electron chi connectivity index (χ0n) is 15.8. The monoisotopic (exact) mass is 451 g/mol. The van der Waals surface area contributed by atoms with E-state index in [0.717, 1.165) is 27.6 Å². The van der Waals surface area contributed by atoms with Crippen LogP contribution in [0.15, 0.2) is 81.9 Å². The van der Waals surface area contributed by atoms with Gasteiger partial charge >= 0.3 is 0 Å². The van der Waals surface area contributed by atoms with E-state index in [-0.39, 0.29) is 17.7 Å². The molecular formula is C21H17N5OS3. The summed E-state index contributed by atoms with van der Waals surface area (Å²) < 4.78 is 1.71. The molecule has 1 unspecified atom stereocenters. The van der Waals surface area contributed by atoms with Gasteiger partial charge in [0.1, 0.15) is 6.33 Å². The fourth-order valence-corrected chi connectivity index (χ4v) is 5.43. The Bertz CT molecular complexity index is 1150. The standard InChI is InChI=1S/C21H17N5OS3/c27-20(13-30-21-22-14-25(24-21)15-6-2-1-3-7-15)26-17(19-9-5-11-29-19)12-16(23-26)18-8-4-10-28-18/h1-11,14,17H,12-13H2. The third kappa shape index (κ3) is 3.96. The van der Waals surface area contributed by atoms with Crippen molar-refractivity contribution in [2.75, 3.05) is 5.75 Å². The SMILES string of the molecule is O=C(CSc1ncn(-c2ccccc2)n1)N1N=C(c2cccs2)CC1c1cccs1. The van der Waals surface area contributed by atoms with Crippen molar-refractivity contribution < 1.29 is 4.79 Å². The van der Waals surface area contributed by atoms with Crippen LogP contribution in [-0.4, -0.2) is 37.1 Å². The number of aromatic nitrogens is 3. The quantitative estimate of drug-likeness (QED) is 0.393. The van der Waals surface area contributed by atoms with Gasteiger partial charge in [0.2, 0.25) is 5.16 Å². The minimum Gasteiger partial charge on any atom is -0.272 e. The summed E-state index contributed by atoms with van der Waals surface area (Å²) in [5.74, 6) is 0.197. The molecule has 3 aromatic heterocycles. The molecule has 0 aliphatic carbocycles. The second-order valence-electron chi connectivity index (χ2n) is 6.59. The molecule has 150 valence electrons. The summed E-state index contributed by atoms with van der Waals surface area (Å²) in [4.78, 5) is 19.6. The van der Waals surface area contributed by atoms with E-state index in [0.29, 0.717) is 5.16 Å². The van der Waals surface area contributed by atoms with Crippen LogP contribution in [0.3, 0.4) is 0 Å². The predicted molar refractivity (Wildman–Crippen MR) is 121 cm³/mol. The zero-order chi connectivity index (χ0) is 20.3. The van der Waals surface area contributed by atoms with E-state index in [2.05, 4.69) is 22.2 Å². The highest BCUT2D eigenvalue weighted by atomic mass is 32.2. The number of hydrazone groups is 1. The van der Waals surface area contributed by atoms with Crippen molar-refractivity contribution in [2.24, 2.45) is 5.10 Å². The first-order valence-corrected chi connectivity index (χ1v) is 12.1. The highest BCUT2D eigenvalue weighted by Crippen LogP contribution is 2.36. The van der Waals surface area contributed by atoms with E-state index in [1.807, 2.05) is 53.2 Å². The van der Waals surface area contributed by atoms with Gasteiger partial charge in [-0.2, -0.15) is 5.10 Å². The Morgan fingerprint density at radius 1 is 1.07 bits per heavy atom. The predicted octanol–water partition coefficient (Wildman–Crippen LogP) is 4.86. The van der Waals surface area contributed by atoms with Crippen LogP contribution >= 0.6 is 34.4 Å². The van der Waals surface area contributed by atoms with E-state index < -0.39 is 0 Å². The fraction of sp³-hybridized carbons (Fsp3) is 0.143. The first-order chi connectivity index (χ1) is 14.8. The molecule has 0 radical (unpaired) electrons. The lowest BCUT2D eigenvalue weighted by molar-refractivity contribution is -0.130. The maximum Gasteiger partial charge on any atom is 0.253 e. The summed E-state index contributed by atoms with van der Waals surface area (Å²) >= 11 is 4.64. The molecule has 0 bridgehead atoms. The maximum absolute atomic E-state index is 13.1. The lowest BCUT2D eigenvalue weighted by Crippen LogP contribution is -2.28. The number of hydrogen-bond acceptors (Lipinski definition) is 7. The van der Waals surface area contributed by atoms with E-state index in [9.17, 15) is 4.79 Å². The molecule has 1 amide bonds. The number of nitrogens with zero attached hydrogens (tertiary/aromatic N) is 5. The highest BCUT2D eigenvalue weighted by Gasteiger charge is 2.34. The summed E-state index contributed by atoms with van der Waals surface area (Å²) in [6.07, 6.45) is 2.40. The van der Waals surface area contributed by atoms with Crippen molar-refractivity contribution in [3.05, 3.63) is 81.4 Å². The van der Waals surface area contributed by atoms with Crippen LogP contribution in [-0.2, 0) is 4.79 Å². The molecule has 1 aliphatic rings. The number of carbonyl (C=O) groups excluding carboxylic acids is 1. The van der Waals surface area contributed by atoms with Crippen LogP contribution < -0.4 is 0 Å². The molecule has 9 heteroatoms. The molecule has 6 nitrogen and oxygen atoms in total. The molecule has 1 atom stereocenters.